The second-order valence-electron chi connectivity index (χ2n) is 3.34. The van der Waals surface area contributed by atoms with Crippen molar-refractivity contribution in [3.8, 4) is 5.69 Å². The van der Waals surface area contributed by atoms with Crippen LogP contribution in [0.5, 0.6) is 0 Å². The van der Waals surface area contributed by atoms with Crippen LogP contribution >= 0.6 is 11.6 Å². The molecule has 9 heteroatoms. The highest BCUT2D eigenvalue weighted by atomic mass is 35.5. The van der Waals surface area contributed by atoms with E-state index in [1.165, 1.54) is 12.1 Å². The summed E-state index contributed by atoms with van der Waals surface area (Å²) >= 11 is 5.80. The summed E-state index contributed by atoms with van der Waals surface area (Å²) in [6.07, 6.45) is -4.56. The van der Waals surface area contributed by atoms with Gasteiger partial charge in [0.25, 0.3) is 0 Å². The van der Waals surface area contributed by atoms with Crippen molar-refractivity contribution in [1.29, 1.82) is 0 Å². The first-order valence-corrected chi connectivity index (χ1v) is 5.16. The van der Waals surface area contributed by atoms with Gasteiger partial charge >= 0.3 is 6.18 Å². The minimum absolute atomic E-state index is 0.0913. The average molecular weight is 278 g/mol. The number of aromatic nitrogens is 4. The lowest BCUT2D eigenvalue weighted by molar-refractivity contribution is -0.137. The Morgan fingerprint density at radius 1 is 1.33 bits per heavy atom. The summed E-state index contributed by atoms with van der Waals surface area (Å²) in [5, 5.41) is 10.2. The summed E-state index contributed by atoms with van der Waals surface area (Å²) < 4.78 is 39.5. The first-order chi connectivity index (χ1) is 8.45. The molecule has 0 aliphatic heterocycles. The molecular weight excluding hydrogens is 271 g/mol. The molecule has 1 aromatic carbocycles. The third kappa shape index (κ3) is 2.16. The van der Waals surface area contributed by atoms with Crippen LogP contribution in [0.25, 0.3) is 5.69 Å². The number of halogens is 4. The Hall–Kier alpha value is -1.67. The van der Waals surface area contributed by atoms with Crippen LogP contribution < -0.4 is 5.73 Å². The number of hydrogen-bond acceptors (Lipinski definition) is 4. The van der Waals surface area contributed by atoms with E-state index in [4.69, 9.17) is 17.3 Å². The summed E-state index contributed by atoms with van der Waals surface area (Å²) in [4.78, 5) is 0. The SMILES string of the molecule is NCc1nnnn1-c1c(Cl)cccc1C(F)(F)F. The summed E-state index contributed by atoms with van der Waals surface area (Å²) in [5.41, 5.74) is 4.11. The summed E-state index contributed by atoms with van der Waals surface area (Å²) in [6.45, 7) is -0.102. The van der Waals surface area contributed by atoms with Crippen LogP contribution in [0.1, 0.15) is 11.4 Å². The second kappa shape index (κ2) is 4.54. The molecular formula is C9H7ClF3N5. The largest absolute Gasteiger partial charge is 0.418 e. The molecule has 0 radical (unpaired) electrons. The number of tetrazole rings is 1. The number of rotatable bonds is 2. The molecule has 0 amide bonds. The Morgan fingerprint density at radius 3 is 2.67 bits per heavy atom. The molecule has 0 atom stereocenters. The predicted molar refractivity (Wildman–Crippen MR) is 57.1 cm³/mol. The molecule has 1 heterocycles. The van der Waals surface area contributed by atoms with Crippen molar-refractivity contribution in [2.75, 3.05) is 0 Å². The maximum atomic E-state index is 12.9. The number of benzene rings is 1. The highest BCUT2D eigenvalue weighted by Crippen LogP contribution is 2.36. The second-order valence-corrected chi connectivity index (χ2v) is 3.75. The van der Waals surface area contributed by atoms with Gasteiger partial charge in [0.1, 0.15) is 0 Å². The van der Waals surface area contributed by atoms with Gasteiger partial charge < -0.3 is 5.73 Å². The average Bonchev–Trinajstić information content (AvgIpc) is 2.75. The van der Waals surface area contributed by atoms with Crippen molar-refractivity contribution in [3.05, 3.63) is 34.6 Å². The van der Waals surface area contributed by atoms with Gasteiger partial charge in [-0.05, 0) is 22.6 Å². The zero-order valence-corrected chi connectivity index (χ0v) is 9.57. The van der Waals surface area contributed by atoms with Crippen LogP contribution in [0.3, 0.4) is 0 Å². The van der Waals surface area contributed by atoms with Crippen LogP contribution in [-0.4, -0.2) is 20.2 Å². The number of alkyl halides is 3. The lowest BCUT2D eigenvalue weighted by Crippen LogP contribution is -2.15. The fraction of sp³-hybridized carbons (Fsp3) is 0.222. The fourth-order valence-corrected chi connectivity index (χ4v) is 1.72. The van der Waals surface area contributed by atoms with Gasteiger partial charge in [-0.25, -0.2) is 0 Å². The molecule has 18 heavy (non-hydrogen) atoms. The molecule has 0 saturated heterocycles. The molecule has 0 fully saturated rings. The van der Waals surface area contributed by atoms with Crippen molar-refractivity contribution >= 4 is 11.6 Å². The van der Waals surface area contributed by atoms with Gasteiger partial charge in [-0.15, -0.1) is 5.10 Å². The van der Waals surface area contributed by atoms with Gasteiger partial charge in [0, 0.05) is 0 Å². The molecule has 5 nitrogen and oxygen atoms in total. The Labute approximate surface area is 104 Å². The standard InChI is InChI=1S/C9H7ClF3N5/c10-6-3-1-2-5(9(11,12)13)8(6)18-7(4-14)15-16-17-18/h1-3H,4,14H2. The highest BCUT2D eigenvalue weighted by molar-refractivity contribution is 6.32. The van der Waals surface area contributed by atoms with E-state index in [1.807, 2.05) is 0 Å². The van der Waals surface area contributed by atoms with Gasteiger partial charge in [-0.3, -0.25) is 0 Å². The Kier molecular flexibility index (Phi) is 3.22. The van der Waals surface area contributed by atoms with Gasteiger partial charge in [-0.1, -0.05) is 17.7 Å². The Morgan fingerprint density at radius 2 is 2.06 bits per heavy atom. The van der Waals surface area contributed by atoms with E-state index in [1.54, 1.807) is 0 Å². The molecule has 2 N–H and O–H groups in total. The summed E-state index contributed by atoms with van der Waals surface area (Å²) in [7, 11) is 0. The topological polar surface area (TPSA) is 69.6 Å². The van der Waals surface area contributed by atoms with E-state index in [-0.39, 0.29) is 23.1 Å². The predicted octanol–water partition coefficient (Wildman–Crippen LogP) is 1.79. The maximum absolute atomic E-state index is 12.9. The molecule has 0 spiro atoms. The van der Waals surface area contributed by atoms with Crippen molar-refractivity contribution in [3.63, 3.8) is 0 Å². The summed E-state index contributed by atoms with van der Waals surface area (Å²) in [6, 6.07) is 3.44. The number of hydrogen-bond donors (Lipinski definition) is 1. The van der Waals surface area contributed by atoms with E-state index in [0.29, 0.717) is 0 Å². The Balaban J connectivity index is 2.71. The third-order valence-electron chi connectivity index (χ3n) is 2.22. The monoisotopic (exact) mass is 277 g/mol. The lowest BCUT2D eigenvalue weighted by atomic mass is 10.1. The Bertz CT molecular complexity index is 566. The van der Waals surface area contributed by atoms with Gasteiger partial charge in [0.2, 0.25) is 0 Å². The zero-order chi connectivity index (χ0) is 13.3. The molecule has 0 unspecified atom stereocenters. The molecule has 2 aromatic rings. The fourth-order valence-electron chi connectivity index (χ4n) is 1.47. The number of para-hydroxylation sites is 1. The third-order valence-corrected chi connectivity index (χ3v) is 2.53. The molecule has 2 rings (SSSR count). The van der Waals surface area contributed by atoms with E-state index >= 15 is 0 Å². The highest BCUT2D eigenvalue weighted by Gasteiger charge is 2.35. The molecule has 0 aliphatic carbocycles. The van der Waals surface area contributed by atoms with Crippen LogP contribution in [0.15, 0.2) is 18.2 Å². The maximum Gasteiger partial charge on any atom is 0.418 e. The zero-order valence-electron chi connectivity index (χ0n) is 8.82. The van der Waals surface area contributed by atoms with Crippen LogP contribution in [0.2, 0.25) is 5.02 Å². The van der Waals surface area contributed by atoms with Crippen molar-refractivity contribution in [1.82, 2.24) is 20.2 Å². The quantitative estimate of drug-likeness (QED) is 0.909. The van der Waals surface area contributed by atoms with E-state index < -0.39 is 11.7 Å². The molecule has 0 saturated carbocycles. The number of nitrogens with two attached hydrogens (primary N) is 1. The van der Waals surface area contributed by atoms with Gasteiger partial charge in [-0.2, -0.15) is 17.9 Å². The normalized spacial score (nSPS) is 11.8. The van der Waals surface area contributed by atoms with Crippen LogP contribution in [-0.2, 0) is 12.7 Å². The van der Waals surface area contributed by atoms with Gasteiger partial charge in [0.05, 0.1) is 22.8 Å². The van der Waals surface area contributed by atoms with E-state index in [9.17, 15) is 13.2 Å². The molecule has 0 aliphatic rings. The van der Waals surface area contributed by atoms with E-state index in [0.717, 1.165) is 10.7 Å². The van der Waals surface area contributed by atoms with E-state index in [2.05, 4.69) is 15.5 Å². The van der Waals surface area contributed by atoms with Crippen molar-refractivity contribution < 1.29 is 13.2 Å². The minimum Gasteiger partial charge on any atom is -0.324 e. The first-order valence-electron chi connectivity index (χ1n) is 4.78. The lowest BCUT2D eigenvalue weighted by Gasteiger charge is -2.14. The number of nitrogens with zero attached hydrogens (tertiary/aromatic N) is 4. The summed E-state index contributed by atoms with van der Waals surface area (Å²) in [5.74, 6) is 0.0913. The smallest absolute Gasteiger partial charge is 0.324 e. The molecule has 0 bridgehead atoms. The van der Waals surface area contributed by atoms with Crippen LogP contribution in [0, 0.1) is 0 Å². The first kappa shape index (κ1) is 12.8. The van der Waals surface area contributed by atoms with Gasteiger partial charge in [0.15, 0.2) is 5.82 Å². The minimum atomic E-state index is -4.56. The molecule has 1 aromatic heterocycles. The van der Waals surface area contributed by atoms with Crippen molar-refractivity contribution in [2.45, 2.75) is 12.7 Å². The van der Waals surface area contributed by atoms with Crippen molar-refractivity contribution in [2.24, 2.45) is 5.73 Å². The van der Waals surface area contributed by atoms with Crippen LogP contribution in [0.4, 0.5) is 13.2 Å². The molecule has 96 valence electrons.